The van der Waals surface area contributed by atoms with Crippen molar-refractivity contribution in [2.45, 2.75) is 25.2 Å². The number of piperidine rings is 1. The molecule has 1 saturated heterocycles. The van der Waals surface area contributed by atoms with Crippen molar-refractivity contribution >= 4 is 23.5 Å². The van der Waals surface area contributed by atoms with Gasteiger partial charge in [0.25, 0.3) is 6.47 Å². The Morgan fingerprint density at radius 1 is 1.22 bits per heavy atom. The summed E-state index contributed by atoms with van der Waals surface area (Å²) in [5.41, 5.74) is 1.80. The maximum absolute atomic E-state index is 9.82. The molecule has 1 aromatic carbocycles. The third kappa shape index (κ3) is 3.98. The van der Waals surface area contributed by atoms with Crippen molar-refractivity contribution in [2.24, 2.45) is 0 Å². The molecule has 0 unspecified atom stereocenters. The molecule has 0 radical (unpaired) electrons. The Hall–Kier alpha value is -2.16. The predicted octanol–water partition coefficient (Wildman–Crippen LogP) is -0.339. The number of aromatic nitrogens is 2. The minimum absolute atomic E-state index is 0.0201. The van der Waals surface area contributed by atoms with E-state index in [2.05, 4.69) is 4.98 Å². The minimum Gasteiger partial charge on any atom is -0.483 e. The summed E-state index contributed by atoms with van der Waals surface area (Å²) in [6.07, 6.45) is -0.709. The molecule has 0 aliphatic carbocycles. The number of carboxylic acid groups (broad SMARTS) is 1. The molecule has 0 spiro atoms. The largest absolute Gasteiger partial charge is 0.483 e. The van der Waals surface area contributed by atoms with Crippen molar-refractivity contribution in [3.8, 4) is 0 Å². The van der Waals surface area contributed by atoms with Gasteiger partial charge in [0.2, 0.25) is 5.95 Å². The number of nitrogens with zero attached hydrogens (tertiary/aromatic N) is 3. The van der Waals surface area contributed by atoms with Gasteiger partial charge in [0.05, 0.1) is 29.8 Å². The van der Waals surface area contributed by atoms with Crippen LogP contribution >= 0.6 is 0 Å². The Morgan fingerprint density at radius 2 is 1.83 bits per heavy atom. The van der Waals surface area contributed by atoms with Crippen LogP contribution in [-0.2, 0) is 11.3 Å². The van der Waals surface area contributed by atoms with Crippen LogP contribution < -0.4 is 4.90 Å². The fraction of sp³-hybridized carbons (Fsp3) is 0.467. The number of benzene rings is 1. The summed E-state index contributed by atoms with van der Waals surface area (Å²) in [6.45, 7) is 1.11. The molecule has 2 atom stereocenters. The van der Waals surface area contributed by atoms with Gasteiger partial charge in [-0.2, -0.15) is 0 Å². The molecule has 1 aliphatic rings. The molecular weight excluding hydrogens is 302 g/mol. The molecule has 0 saturated carbocycles. The molecule has 0 amide bonds. The lowest BCUT2D eigenvalue weighted by atomic mass is 10.1. The Labute approximate surface area is 133 Å². The average Bonchev–Trinajstić information content (AvgIpc) is 2.87. The smallest absolute Gasteiger partial charge is 0.290 e. The number of hydrogen-bond donors (Lipinski definition) is 4. The van der Waals surface area contributed by atoms with Crippen molar-refractivity contribution in [3.05, 3.63) is 24.3 Å². The van der Waals surface area contributed by atoms with Gasteiger partial charge >= 0.3 is 0 Å². The lowest BCUT2D eigenvalue weighted by Gasteiger charge is -2.34. The zero-order valence-electron chi connectivity index (χ0n) is 12.6. The normalized spacial score (nSPS) is 20.9. The van der Waals surface area contributed by atoms with Gasteiger partial charge in [-0.05, 0) is 12.1 Å². The van der Waals surface area contributed by atoms with E-state index in [0.29, 0.717) is 32.0 Å². The lowest BCUT2D eigenvalue weighted by molar-refractivity contribution is -0.122. The van der Waals surface area contributed by atoms with Gasteiger partial charge < -0.3 is 29.9 Å². The van der Waals surface area contributed by atoms with Gasteiger partial charge in [0.15, 0.2) is 0 Å². The van der Waals surface area contributed by atoms with Crippen LogP contribution in [0.4, 0.5) is 5.95 Å². The number of fused-ring (bicyclic) bond motifs is 1. The Bertz CT molecular complexity index is 635. The molecule has 3 rings (SSSR count). The number of rotatable bonds is 3. The standard InChI is InChI=1S/C14H19N3O3.CH2O2/c18-6-5-17-13-4-2-1-3-12(13)15-14(17)16-8-10(19)7-11(20)9-16;2-1-3/h1-4,10-11,18-20H,5-9H2;1H,(H,2,3)/t10-,11-;/m1./s1. The molecule has 8 nitrogen and oxygen atoms in total. The zero-order valence-corrected chi connectivity index (χ0v) is 12.6. The molecule has 4 N–H and O–H groups in total. The van der Waals surface area contributed by atoms with E-state index >= 15 is 0 Å². The third-order valence-corrected chi connectivity index (χ3v) is 3.65. The topological polar surface area (TPSA) is 119 Å². The van der Waals surface area contributed by atoms with Crippen LogP contribution in [0.2, 0.25) is 0 Å². The van der Waals surface area contributed by atoms with Gasteiger partial charge in [-0.3, -0.25) is 4.79 Å². The fourth-order valence-corrected chi connectivity index (χ4v) is 2.83. The van der Waals surface area contributed by atoms with Crippen molar-refractivity contribution in [1.82, 2.24) is 9.55 Å². The van der Waals surface area contributed by atoms with E-state index < -0.39 is 12.2 Å². The SMILES string of the molecule is O=CO.OCCn1c(N2C[C@H](O)C[C@@H](O)C2)nc2ccccc21. The average molecular weight is 323 g/mol. The number of anilines is 1. The number of aliphatic hydroxyl groups is 3. The Balaban J connectivity index is 0.000000595. The summed E-state index contributed by atoms with van der Waals surface area (Å²) in [6, 6.07) is 7.73. The summed E-state index contributed by atoms with van der Waals surface area (Å²) in [5.74, 6) is 0.693. The van der Waals surface area contributed by atoms with E-state index in [9.17, 15) is 15.3 Å². The van der Waals surface area contributed by atoms with Crippen LogP contribution in [0.3, 0.4) is 0 Å². The second-order valence-corrected chi connectivity index (χ2v) is 5.33. The summed E-state index contributed by atoms with van der Waals surface area (Å²) in [7, 11) is 0. The monoisotopic (exact) mass is 323 g/mol. The highest BCUT2D eigenvalue weighted by Gasteiger charge is 2.27. The number of carbonyl (C=O) groups is 1. The van der Waals surface area contributed by atoms with Crippen LogP contribution in [0.25, 0.3) is 11.0 Å². The van der Waals surface area contributed by atoms with E-state index in [1.54, 1.807) is 0 Å². The van der Waals surface area contributed by atoms with Gasteiger partial charge in [0, 0.05) is 26.1 Å². The Kier molecular flexibility index (Phi) is 5.91. The van der Waals surface area contributed by atoms with Crippen molar-refractivity contribution in [2.75, 3.05) is 24.6 Å². The van der Waals surface area contributed by atoms with Crippen LogP contribution in [0.15, 0.2) is 24.3 Å². The second kappa shape index (κ2) is 7.91. The first-order valence-electron chi connectivity index (χ1n) is 7.35. The maximum Gasteiger partial charge on any atom is 0.290 e. The fourth-order valence-electron chi connectivity index (χ4n) is 2.83. The van der Waals surface area contributed by atoms with Crippen LogP contribution in [0.5, 0.6) is 0 Å². The zero-order chi connectivity index (χ0) is 16.8. The highest BCUT2D eigenvalue weighted by Crippen LogP contribution is 2.25. The van der Waals surface area contributed by atoms with Crippen LogP contribution in [0.1, 0.15) is 6.42 Å². The molecule has 2 heterocycles. The first-order chi connectivity index (χ1) is 11.1. The summed E-state index contributed by atoms with van der Waals surface area (Å²) in [5, 5.41) is 35.8. The number of aliphatic hydroxyl groups excluding tert-OH is 3. The molecule has 0 bridgehead atoms. The van der Waals surface area contributed by atoms with Gasteiger partial charge in [-0.1, -0.05) is 12.1 Å². The van der Waals surface area contributed by atoms with Crippen molar-refractivity contribution < 1.29 is 25.2 Å². The summed E-state index contributed by atoms with van der Waals surface area (Å²) >= 11 is 0. The molecular formula is C15H21N3O5. The number of imidazole rings is 1. The maximum atomic E-state index is 9.82. The predicted molar refractivity (Wildman–Crippen MR) is 84.4 cm³/mol. The molecule has 126 valence electrons. The molecule has 1 aromatic heterocycles. The van der Waals surface area contributed by atoms with E-state index in [1.165, 1.54) is 0 Å². The van der Waals surface area contributed by atoms with Gasteiger partial charge in [-0.15, -0.1) is 0 Å². The Morgan fingerprint density at radius 3 is 2.43 bits per heavy atom. The van der Waals surface area contributed by atoms with Gasteiger partial charge in [0.1, 0.15) is 0 Å². The van der Waals surface area contributed by atoms with E-state index in [-0.39, 0.29) is 13.1 Å². The van der Waals surface area contributed by atoms with Gasteiger partial charge in [-0.25, -0.2) is 4.98 Å². The summed E-state index contributed by atoms with van der Waals surface area (Å²) in [4.78, 5) is 14.8. The highest BCUT2D eigenvalue weighted by molar-refractivity contribution is 5.78. The first-order valence-corrected chi connectivity index (χ1v) is 7.35. The highest BCUT2D eigenvalue weighted by atomic mass is 16.3. The van der Waals surface area contributed by atoms with Crippen molar-refractivity contribution in [3.63, 3.8) is 0 Å². The van der Waals surface area contributed by atoms with Crippen molar-refractivity contribution in [1.29, 1.82) is 0 Å². The minimum atomic E-state index is -0.555. The van der Waals surface area contributed by atoms with E-state index in [0.717, 1.165) is 11.0 Å². The van der Waals surface area contributed by atoms with E-state index in [4.69, 9.17) is 9.90 Å². The molecule has 8 heteroatoms. The second-order valence-electron chi connectivity index (χ2n) is 5.33. The van der Waals surface area contributed by atoms with Crippen LogP contribution in [-0.4, -0.2) is 68.4 Å². The number of hydrogen-bond acceptors (Lipinski definition) is 6. The van der Waals surface area contributed by atoms with E-state index in [1.807, 2.05) is 33.7 Å². The van der Waals surface area contributed by atoms with Crippen LogP contribution in [0, 0.1) is 0 Å². The molecule has 23 heavy (non-hydrogen) atoms. The lowest BCUT2D eigenvalue weighted by Crippen LogP contribution is -2.46. The molecule has 2 aromatic rings. The summed E-state index contributed by atoms with van der Waals surface area (Å²) < 4.78 is 1.93. The number of para-hydroxylation sites is 2. The molecule has 1 aliphatic heterocycles. The number of β-amino-alcohol motifs (C(OH)–C–C–N with tert-alkyl or cyclic N) is 2. The third-order valence-electron chi connectivity index (χ3n) is 3.65. The molecule has 1 fully saturated rings. The first kappa shape index (κ1) is 17.2. The quantitative estimate of drug-likeness (QED) is 0.571.